The van der Waals surface area contributed by atoms with Gasteiger partial charge in [-0.3, -0.25) is 0 Å². The van der Waals surface area contributed by atoms with Crippen LogP contribution in [0.1, 0.15) is 285 Å². The summed E-state index contributed by atoms with van der Waals surface area (Å²) in [6.07, 6.45) is 52.2. The van der Waals surface area contributed by atoms with Crippen molar-refractivity contribution in [2.45, 2.75) is 285 Å². The highest BCUT2D eigenvalue weighted by molar-refractivity contribution is 8.13. The number of rotatable bonds is 46. The molecular weight excluding hydrogens is 729 g/mol. The molecule has 0 spiro atoms. The minimum atomic E-state index is -0.920. The first kappa shape index (κ1) is 55.6. The third kappa shape index (κ3) is 41.8. The van der Waals surface area contributed by atoms with E-state index < -0.39 is 34.3 Å². The van der Waals surface area contributed by atoms with Gasteiger partial charge in [0.25, 0.3) is 0 Å². The Labute approximate surface area is 358 Å². The fourth-order valence-corrected chi connectivity index (χ4v) is 11.6. The lowest BCUT2D eigenvalue weighted by atomic mass is 10.1. The van der Waals surface area contributed by atoms with E-state index in [1.807, 2.05) is 0 Å². The molecule has 0 N–H and O–H groups in total. The Bertz CT molecular complexity index is 681. The average molecular weight is 831 g/mol. The third-order valence-corrected chi connectivity index (χ3v) is 15.7. The minimum Gasteiger partial charge on any atom is -0.410 e. The quantitative estimate of drug-likeness (QED) is 0.0364. The molecule has 0 aromatic carbocycles. The Morgan fingerprint density at radius 3 is 0.554 bits per heavy atom. The van der Waals surface area contributed by atoms with E-state index in [4.69, 9.17) is 8.37 Å². The molecule has 56 heavy (non-hydrogen) atoms. The zero-order chi connectivity index (χ0) is 40.8. The second kappa shape index (κ2) is 47.3. The van der Waals surface area contributed by atoms with Gasteiger partial charge in [0.1, 0.15) is 0 Å². The van der Waals surface area contributed by atoms with E-state index in [-0.39, 0.29) is 0 Å². The van der Waals surface area contributed by atoms with Gasteiger partial charge in [0.2, 0.25) is 0 Å². The highest BCUT2D eigenvalue weighted by Crippen LogP contribution is 2.34. The summed E-state index contributed by atoms with van der Waals surface area (Å²) in [6, 6.07) is 0. The summed E-state index contributed by atoms with van der Waals surface area (Å²) in [5.41, 5.74) is 0. The molecule has 0 aliphatic carbocycles. The Morgan fingerprint density at radius 2 is 0.393 bits per heavy atom. The first-order valence-corrected chi connectivity index (χ1v) is 28.8. The fraction of sp³-hybridized carbons (Fsp3) is 0.960. The Morgan fingerprint density at radius 1 is 0.250 bits per heavy atom. The van der Waals surface area contributed by atoms with Gasteiger partial charge in [-0.2, -0.15) is 0 Å². The lowest BCUT2D eigenvalue weighted by molar-refractivity contribution is -0.154. The van der Waals surface area contributed by atoms with Crippen molar-refractivity contribution in [2.75, 3.05) is 23.0 Å². The SMILES string of the molecule is CCCCCCCCCCCC[SH](CCCCCCCCCCCC)OC(=O)C(=O)O[SH](CCCCCCCCCCCC)CCCCCCCCCCCC. The van der Waals surface area contributed by atoms with Gasteiger partial charge in [-0.15, -0.1) is 0 Å². The van der Waals surface area contributed by atoms with E-state index in [0.717, 1.165) is 48.7 Å². The lowest BCUT2D eigenvalue weighted by Gasteiger charge is -2.24. The topological polar surface area (TPSA) is 52.6 Å². The maximum absolute atomic E-state index is 13.3. The van der Waals surface area contributed by atoms with Gasteiger partial charge in [0.05, 0.1) is 0 Å². The average Bonchev–Trinajstić information content (AvgIpc) is 3.20. The van der Waals surface area contributed by atoms with E-state index in [1.165, 1.54) is 231 Å². The van der Waals surface area contributed by atoms with Crippen LogP contribution >= 0.6 is 22.4 Å². The van der Waals surface area contributed by atoms with Gasteiger partial charge in [-0.25, -0.2) is 9.59 Å². The zero-order valence-electron chi connectivity index (χ0n) is 38.6. The standard InChI is InChI=1S/C50H102O4S2/c1-5-9-13-17-21-25-29-33-37-41-45-55(46-42-38-34-30-26-22-18-14-10-6-2)53-49(51)50(52)54-56(47-43-39-35-31-27-23-19-15-11-7-3)48-44-40-36-32-28-24-20-16-12-8-4/h55-56H,5-48H2,1-4H3. The molecule has 0 aromatic rings. The molecule has 0 fully saturated rings. The normalized spacial score (nSPS) is 11.9. The summed E-state index contributed by atoms with van der Waals surface area (Å²) in [5, 5.41) is 0. The molecule has 0 aliphatic heterocycles. The van der Waals surface area contributed by atoms with Crippen molar-refractivity contribution in [1.82, 2.24) is 0 Å². The molecular formula is C50H102O4S2. The minimum absolute atomic E-state index is 0.700. The third-order valence-electron chi connectivity index (χ3n) is 11.6. The van der Waals surface area contributed by atoms with Crippen molar-refractivity contribution in [3.05, 3.63) is 0 Å². The molecule has 0 heterocycles. The van der Waals surface area contributed by atoms with Gasteiger partial charge >= 0.3 is 11.9 Å². The van der Waals surface area contributed by atoms with Crippen LogP contribution in [0.4, 0.5) is 0 Å². The van der Waals surface area contributed by atoms with Crippen molar-refractivity contribution in [3.8, 4) is 0 Å². The zero-order valence-corrected chi connectivity index (χ0v) is 40.4. The molecule has 0 atom stereocenters. The molecule has 0 rings (SSSR count). The lowest BCUT2D eigenvalue weighted by Crippen LogP contribution is -2.21. The van der Waals surface area contributed by atoms with E-state index in [2.05, 4.69) is 27.7 Å². The number of carbonyl (C=O) groups excluding carboxylic acids is 2. The molecule has 0 bridgehead atoms. The van der Waals surface area contributed by atoms with Gasteiger partial charge < -0.3 is 8.37 Å². The van der Waals surface area contributed by atoms with Gasteiger partial charge in [0.15, 0.2) is 0 Å². The number of hydrogen-bond acceptors (Lipinski definition) is 4. The number of carbonyl (C=O) groups is 2. The predicted molar refractivity (Wildman–Crippen MR) is 257 cm³/mol. The number of unbranched alkanes of at least 4 members (excludes halogenated alkanes) is 36. The number of hydrogen-bond donors (Lipinski definition) is 2. The van der Waals surface area contributed by atoms with Crippen LogP contribution in [-0.4, -0.2) is 35.0 Å². The molecule has 4 nitrogen and oxygen atoms in total. The predicted octanol–water partition coefficient (Wildman–Crippen LogP) is 17.6. The van der Waals surface area contributed by atoms with Crippen LogP contribution < -0.4 is 0 Å². The first-order chi connectivity index (χ1) is 27.6. The maximum atomic E-state index is 13.3. The monoisotopic (exact) mass is 831 g/mol. The van der Waals surface area contributed by atoms with Crippen LogP contribution in [0.5, 0.6) is 0 Å². The van der Waals surface area contributed by atoms with Crippen LogP contribution in [0.25, 0.3) is 0 Å². The summed E-state index contributed by atoms with van der Waals surface area (Å²) < 4.78 is 12.1. The van der Waals surface area contributed by atoms with Gasteiger partial charge in [-0.05, 0) is 25.7 Å². The van der Waals surface area contributed by atoms with Gasteiger partial charge in [-0.1, -0.05) is 281 Å². The van der Waals surface area contributed by atoms with Crippen molar-refractivity contribution in [2.24, 2.45) is 0 Å². The van der Waals surface area contributed by atoms with E-state index >= 15 is 0 Å². The summed E-state index contributed by atoms with van der Waals surface area (Å²) in [6.45, 7) is 9.12. The van der Waals surface area contributed by atoms with Crippen LogP contribution in [0.2, 0.25) is 0 Å². The highest BCUT2D eigenvalue weighted by atomic mass is 32.2. The number of thiol groups is 2. The second-order valence-electron chi connectivity index (χ2n) is 17.3. The van der Waals surface area contributed by atoms with Crippen LogP contribution in [0.3, 0.4) is 0 Å². The fourth-order valence-electron chi connectivity index (χ4n) is 7.82. The Balaban J connectivity index is 4.89. The van der Waals surface area contributed by atoms with E-state index in [0.29, 0.717) is 0 Å². The molecule has 0 saturated carbocycles. The molecule has 0 aliphatic rings. The van der Waals surface area contributed by atoms with Crippen molar-refractivity contribution in [3.63, 3.8) is 0 Å². The summed E-state index contributed by atoms with van der Waals surface area (Å²) in [7, 11) is 0. The van der Waals surface area contributed by atoms with Crippen molar-refractivity contribution < 1.29 is 18.0 Å². The molecule has 6 heteroatoms. The summed E-state index contributed by atoms with van der Waals surface area (Å²) in [4.78, 5) is 26.5. The van der Waals surface area contributed by atoms with Crippen molar-refractivity contribution >= 4 is 34.3 Å². The molecule has 0 saturated heterocycles. The van der Waals surface area contributed by atoms with Crippen LogP contribution in [0.15, 0.2) is 0 Å². The maximum Gasteiger partial charge on any atom is 0.428 e. The highest BCUT2D eigenvalue weighted by Gasteiger charge is 2.23. The molecule has 0 unspecified atom stereocenters. The molecule has 338 valence electrons. The van der Waals surface area contributed by atoms with Crippen molar-refractivity contribution in [1.29, 1.82) is 0 Å². The summed E-state index contributed by atoms with van der Waals surface area (Å²) in [5.74, 6) is 2.35. The van der Waals surface area contributed by atoms with Crippen LogP contribution in [0, 0.1) is 0 Å². The Kier molecular flexibility index (Phi) is 47.0. The molecule has 0 amide bonds. The second-order valence-corrected chi connectivity index (χ2v) is 21.4. The Hall–Kier alpha value is -0.360. The summed E-state index contributed by atoms with van der Waals surface area (Å²) >= 11 is -1.84. The first-order valence-electron chi connectivity index (χ1n) is 25.5. The smallest absolute Gasteiger partial charge is 0.410 e. The van der Waals surface area contributed by atoms with Crippen LogP contribution in [-0.2, 0) is 18.0 Å². The largest absolute Gasteiger partial charge is 0.428 e. The van der Waals surface area contributed by atoms with E-state index in [9.17, 15) is 9.59 Å². The van der Waals surface area contributed by atoms with E-state index in [1.54, 1.807) is 0 Å². The van der Waals surface area contributed by atoms with Gasteiger partial charge in [0, 0.05) is 23.0 Å². The molecule has 0 radical (unpaired) electrons. The molecule has 0 aromatic heterocycles.